The third kappa shape index (κ3) is 3.50. The zero-order valence-electron chi connectivity index (χ0n) is 15.6. The minimum Gasteiger partial charge on any atom is -1.00 e. The summed E-state index contributed by atoms with van der Waals surface area (Å²) in [5.41, 5.74) is 1.97. The van der Waals surface area contributed by atoms with Crippen LogP contribution in [0.4, 0.5) is 10.1 Å². The fourth-order valence-corrected chi connectivity index (χ4v) is 5.59. The highest BCUT2D eigenvalue weighted by molar-refractivity contribution is 8.08. The van der Waals surface area contributed by atoms with Crippen LogP contribution < -0.4 is 36.6 Å². The van der Waals surface area contributed by atoms with Crippen LogP contribution in [-0.4, -0.2) is 11.6 Å². The quantitative estimate of drug-likeness (QED) is 0.485. The average Bonchev–Trinajstić information content (AvgIpc) is 3.14. The first-order chi connectivity index (χ1) is 13.0. The number of thiazole rings is 1. The van der Waals surface area contributed by atoms with E-state index >= 15 is 0 Å². The summed E-state index contributed by atoms with van der Waals surface area (Å²) in [6.45, 7) is 2.55. The molecule has 0 saturated carbocycles. The molecule has 1 aliphatic heterocycles. The normalized spacial score (nSPS) is 15.6. The van der Waals surface area contributed by atoms with E-state index < -0.39 is 0 Å². The number of thioether (sulfide) groups is 1. The molecule has 3 heterocycles. The van der Waals surface area contributed by atoms with Gasteiger partial charge in [0.1, 0.15) is 21.3 Å². The van der Waals surface area contributed by atoms with E-state index in [1.165, 1.54) is 23.6 Å². The van der Waals surface area contributed by atoms with Crippen molar-refractivity contribution in [3.8, 4) is 0 Å². The standard InChI is InChI=1S/C20H19FN3OS2.ClH/c1-4-24-17(11-14-10-9-13(21)12-22(14)2)27-18(19(24)25)20-23(3)15-7-5-6-8-16(15)26-20;/h5-12H,4H2,1-3H3;1H/q+1;/p-1/b20-18+;. The lowest BCUT2D eigenvalue weighted by Gasteiger charge is -2.11. The molecule has 1 aromatic carbocycles. The lowest BCUT2D eigenvalue weighted by atomic mass is 10.3. The smallest absolute Gasteiger partial charge is 0.271 e. The highest BCUT2D eigenvalue weighted by Gasteiger charge is 2.24. The molecule has 4 nitrogen and oxygen atoms in total. The van der Waals surface area contributed by atoms with Crippen molar-refractivity contribution in [2.45, 2.75) is 18.4 Å². The lowest BCUT2D eigenvalue weighted by molar-refractivity contribution is -0.674. The molecule has 0 unspecified atom stereocenters. The molecule has 0 radical (unpaired) electrons. The van der Waals surface area contributed by atoms with Crippen molar-refractivity contribution in [3.63, 3.8) is 0 Å². The Morgan fingerprint density at radius 1 is 1.21 bits per heavy atom. The first kappa shape index (κ1) is 20.6. The van der Waals surface area contributed by atoms with Crippen molar-refractivity contribution < 1.29 is 21.4 Å². The van der Waals surface area contributed by atoms with Gasteiger partial charge in [0.25, 0.3) is 5.56 Å². The molecule has 0 spiro atoms. The predicted molar refractivity (Wildman–Crippen MR) is 109 cm³/mol. The second-order valence-corrected chi connectivity index (χ2v) is 8.34. The van der Waals surface area contributed by atoms with E-state index in [1.807, 2.05) is 32.2 Å². The van der Waals surface area contributed by atoms with Gasteiger partial charge in [0, 0.05) is 30.6 Å². The number of hydrogen-bond donors (Lipinski definition) is 0. The molecule has 0 bridgehead atoms. The van der Waals surface area contributed by atoms with Gasteiger partial charge in [-0.05, 0) is 25.1 Å². The van der Waals surface area contributed by atoms with E-state index in [9.17, 15) is 9.18 Å². The summed E-state index contributed by atoms with van der Waals surface area (Å²) in [6, 6.07) is 11.3. The van der Waals surface area contributed by atoms with Gasteiger partial charge in [-0.3, -0.25) is 9.36 Å². The maximum atomic E-state index is 13.4. The van der Waals surface area contributed by atoms with Crippen LogP contribution in [0, 0.1) is 5.82 Å². The number of nitrogens with zero attached hydrogens (tertiary/aromatic N) is 3. The molecule has 0 amide bonds. The Kier molecular flexibility index (Phi) is 5.98. The van der Waals surface area contributed by atoms with Gasteiger partial charge in [-0.25, -0.2) is 4.39 Å². The fourth-order valence-electron chi connectivity index (χ4n) is 3.13. The fraction of sp³-hybridized carbons (Fsp3) is 0.200. The van der Waals surface area contributed by atoms with Crippen molar-refractivity contribution >= 4 is 39.9 Å². The van der Waals surface area contributed by atoms with E-state index in [-0.39, 0.29) is 23.8 Å². The maximum absolute atomic E-state index is 13.4. The summed E-state index contributed by atoms with van der Waals surface area (Å²) in [4.78, 5) is 16.3. The van der Waals surface area contributed by atoms with Gasteiger partial charge in [0.05, 0.1) is 5.69 Å². The number of pyridine rings is 1. The zero-order chi connectivity index (χ0) is 19.1. The molecule has 0 fully saturated rings. The Hall–Kier alpha value is -2.09. The van der Waals surface area contributed by atoms with E-state index in [0.717, 1.165) is 30.5 Å². The monoisotopic (exact) mass is 435 g/mol. The zero-order valence-corrected chi connectivity index (χ0v) is 18.0. The van der Waals surface area contributed by atoms with E-state index in [1.54, 1.807) is 34.0 Å². The summed E-state index contributed by atoms with van der Waals surface area (Å²) in [7, 11) is 3.79. The molecule has 4 rings (SSSR count). The average molecular weight is 436 g/mol. The van der Waals surface area contributed by atoms with Crippen molar-refractivity contribution in [1.82, 2.24) is 4.57 Å². The topological polar surface area (TPSA) is 29.1 Å². The third-order valence-corrected chi connectivity index (χ3v) is 7.05. The van der Waals surface area contributed by atoms with E-state index in [4.69, 9.17) is 0 Å². The Bertz CT molecular complexity index is 1220. The second-order valence-electron chi connectivity index (χ2n) is 6.28. The lowest BCUT2D eigenvalue weighted by Crippen LogP contribution is -3.00. The molecular weight excluding hydrogens is 417 g/mol. The van der Waals surface area contributed by atoms with Crippen molar-refractivity contribution in [1.29, 1.82) is 0 Å². The van der Waals surface area contributed by atoms with Crippen LogP contribution in [0.25, 0.3) is 11.1 Å². The summed E-state index contributed by atoms with van der Waals surface area (Å²) in [5, 5.41) is 0.955. The van der Waals surface area contributed by atoms with Gasteiger partial charge >= 0.3 is 0 Å². The SMILES string of the molecule is CCn1c(=O)/c(=C2\Sc3ccccc3N2C)s/c1=C\c1ccc(F)c[n+]1C.[Cl-]. The Morgan fingerprint density at radius 3 is 2.64 bits per heavy atom. The van der Waals surface area contributed by atoms with Gasteiger partial charge in [-0.15, -0.1) is 11.3 Å². The van der Waals surface area contributed by atoms with Crippen LogP contribution in [0.15, 0.2) is 52.3 Å². The number of benzene rings is 1. The number of para-hydroxylation sites is 1. The minimum atomic E-state index is -0.285. The molecule has 0 aliphatic carbocycles. The number of halogens is 2. The Morgan fingerprint density at radius 2 is 1.96 bits per heavy atom. The molecular formula is C20H19ClFN3OS2. The van der Waals surface area contributed by atoms with E-state index in [2.05, 4.69) is 17.0 Å². The predicted octanol–water partition coefficient (Wildman–Crippen LogP) is -0.966. The third-order valence-electron chi connectivity index (χ3n) is 4.57. The molecule has 0 N–H and O–H groups in total. The molecule has 146 valence electrons. The van der Waals surface area contributed by atoms with Crippen LogP contribution in [0.2, 0.25) is 0 Å². The number of fused-ring (bicyclic) bond motifs is 1. The molecule has 2 aromatic heterocycles. The molecule has 3 aromatic rings. The maximum Gasteiger partial charge on any atom is 0.271 e. The Labute approximate surface area is 176 Å². The first-order valence-electron chi connectivity index (χ1n) is 8.61. The van der Waals surface area contributed by atoms with Crippen LogP contribution in [-0.2, 0) is 13.6 Å². The van der Waals surface area contributed by atoms with Crippen molar-refractivity contribution in [2.24, 2.45) is 7.05 Å². The van der Waals surface area contributed by atoms with Gasteiger partial charge in [0.2, 0.25) is 11.9 Å². The van der Waals surface area contributed by atoms with Gasteiger partial charge in [-0.2, -0.15) is 4.57 Å². The van der Waals surface area contributed by atoms with Gasteiger partial charge < -0.3 is 17.3 Å². The van der Waals surface area contributed by atoms with E-state index in [0.29, 0.717) is 6.54 Å². The highest BCUT2D eigenvalue weighted by atomic mass is 35.5. The molecule has 8 heteroatoms. The Balaban J connectivity index is 0.00000225. The molecule has 28 heavy (non-hydrogen) atoms. The summed E-state index contributed by atoms with van der Waals surface area (Å²) in [5.74, 6) is -0.285. The molecule has 1 aliphatic rings. The van der Waals surface area contributed by atoms with Crippen LogP contribution in [0.3, 0.4) is 0 Å². The van der Waals surface area contributed by atoms with Gasteiger partial charge in [0.15, 0.2) is 5.82 Å². The highest BCUT2D eigenvalue weighted by Crippen LogP contribution is 2.44. The minimum absolute atomic E-state index is 0. The summed E-state index contributed by atoms with van der Waals surface area (Å²) in [6.07, 6.45) is 3.37. The van der Waals surface area contributed by atoms with Crippen molar-refractivity contribution in [2.75, 3.05) is 11.9 Å². The van der Waals surface area contributed by atoms with Crippen LogP contribution in [0.1, 0.15) is 12.6 Å². The number of aromatic nitrogens is 2. The van der Waals surface area contributed by atoms with Crippen LogP contribution in [0.5, 0.6) is 0 Å². The summed E-state index contributed by atoms with van der Waals surface area (Å²) < 4.78 is 18.5. The number of hydrogen-bond acceptors (Lipinski definition) is 4. The second kappa shape index (κ2) is 8.11. The largest absolute Gasteiger partial charge is 1.00 e. The number of aryl methyl sites for hydroxylation is 1. The first-order valence-corrected chi connectivity index (χ1v) is 10.2. The van der Waals surface area contributed by atoms with Crippen LogP contribution >= 0.6 is 23.1 Å². The molecule has 0 saturated heterocycles. The summed E-state index contributed by atoms with van der Waals surface area (Å²) >= 11 is 3.10. The number of anilines is 1. The molecule has 0 atom stereocenters. The number of rotatable bonds is 2. The van der Waals surface area contributed by atoms with Gasteiger partial charge in [-0.1, -0.05) is 23.9 Å². The van der Waals surface area contributed by atoms with Crippen molar-refractivity contribution in [3.05, 3.63) is 73.7 Å².